The smallest absolute Gasteiger partial charge is 0.253 e. The molecule has 0 radical (unpaired) electrons. The van der Waals surface area contributed by atoms with E-state index in [9.17, 15) is 4.79 Å². The van der Waals surface area contributed by atoms with Crippen LogP contribution in [-0.4, -0.2) is 34.5 Å². The number of fused-ring (bicyclic) bond motifs is 3. The first kappa shape index (κ1) is 17.1. The van der Waals surface area contributed by atoms with Gasteiger partial charge in [-0.2, -0.15) is 11.3 Å². The summed E-state index contributed by atoms with van der Waals surface area (Å²) in [5.74, 6) is 1.70. The van der Waals surface area contributed by atoms with Gasteiger partial charge in [-0.15, -0.1) is 0 Å². The van der Waals surface area contributed by atoms with Crippen LogP contribution in [0.25, 0.3) is 11.0 Å². The van der Waals surface area contributed by atoms with Crippen LogP contribution in [0, 0.1) is 13.8 Å². The summed E-state index contributed by atoms with van der Waals surface area (Å²) in [4.78, 5) is 19.1. The number of thiophene rings is 1. The lowest BCUT2D eigenvalue weighted by Crippen LogP contribution is -2.25. The molecular formula is C20H23N3O2S. The van der Waals surface area contributed by atoms with Crippen molar-refractivity contribution in [1.82, 2.24) is 14.5 Å². The van der Waals surface area contributed by atoms with Crippen LogP contribution in [0.4, 0.5) is 0 Å². The third-order valence-electron chi connectivity index (χ3n) is 5.25. The lowest BCUT2D eigenvalue weighted by Gasteiger charge is -2.28. The number of benzene rings is 1. The monoisotopic (exact) mass is 369 g/mol. The van der Waals surface area contributed by atoms with Gasteiger partial charge in [-0.05, 0) is 49.1 Å². The maximum absolute atomic E-state index is 12.8. The number of carbonyl (C=O) groups excluding carboxylic acids is 1. The van der Waals surface area contributed by atoms with E-state index in [2.05, 4.69) is 17.7 Å². The van der Waals surface area contributed by atoms with E-state index < -0.39 is 0 Å². The summed E-state index contributed by atoms with van der Waals surface area (Å²) in [6.07, 6.45) is 1.70. The van der Waals surface area contributed by atoms with Gasteiger partial charge in [0.25, 0.3) is 5.91 Å². The van der Waals surface area contributed by atoms with Crippen LogP contribution in [0.1, 0.15) is 45.4 Å². The van der Waals surface area contributed by atoms with Crippen LogP contribution in [0.3, 0.4) is 0 Å². The topological polar surface area (TPSA) is 47.4 Å². The van der Waals surface area contributed by atoms with Crippen LogP contribution in [0.5, 0.6) is 5.75 Å². The Labute approximate surface area is 157 Å². The molecule has 1 atom stereocenters. The van der Waals surface area contributed by atoms with E-state index in [1.54, 1.807) is 30.3 Å². The number of imidazole rings is 1. The Bertz CT molecular complexity index is 1020. The van der Waals surface area contributed by atoms with E-state index in [1.807, 2.05) is 24.6 Å². The largest absolute Gasteiger partial charge is 0.483 e. The van der Waals surface area contributed by atoms with Crippen LogP contribution in [0.15, 0.2) is 16.8 Å². The highest BCUT2D eigenvalue weighted by Gasteiger charge is 2.30. The average Bonchev–Trinajstić information content (AvgIpc) is 3.17. The van der Waals surface area contributed by atoms with E-state index in [1.165, 1.54) is 11.1 Å². The zero-order chi connectivity index (χ0) is 18.6. The van der Waals surface area contributed by atoms with Crippen molar-refractivity contribution >= 4 is 28.3 Å². The zero-order valence-corrected chi connectivity index (χ0v) is 16.6. The molecule has 0 saturated heterocycles. The molecule has 6 heteroatoms. The fraction of sp³-hybridized carbons (Fsp3) is 0.400. The Morgan fingerprint density at radius 2 is 2.12 bits per heavy atom. The number of nitrogens with zero attached hydrogens (tertiary/aromatic N) is 3. The zero-order valence-electron chi connectivity index (χ0n) is 15.8. The van der Waals surface area contributed by atoms with E-state index in [4.69, 9.17) is 9.72 Å². The molecule has 26 heavy (non-hydrogen) atoms. The summed E-state index contributed by atoms with van der Waals surface area (Å²) in [6, 6.07) is 1.97. The molecule has 0 saturated carbocycles. The molecule has 136 valence electrons. The summed E-state index contributed by atoms with van der Waals surface area (Å²) in [5, 5.41) is 4.32. The third kappa shape index (κ3) is 2.51. The van der Waals surface area contributed by atoms with Gasteiger partial charge in [-0.25, -0.2) is 4.98 Å². The number of hydrogen-bond donors (Lipinski definition) is 0. The average molecular weight is 369 g/mol. The lowest BCUT2D eigenvalue weighted by molar-refractivity contribution is 0.0823. The quantitative estimate of drug-likeness (QED) is 0.685. The normalized spacial score (nSPS) is 16.4. The molecule has 5 nitrogen and oxygen atoms in total. The van der Waals surface area contributed by atoms with Gasteiger partial charge in [0.05, 0.1) is 5.52 Å². The number of ether oxygens (including phenoxy) is 1. The number of aromatic nitrogens is 2. The highest BCUT2D eigenvalue weighted by atomic mass is 32.1. The number of aryl methyl sites for hydroxylation is 3. The molecule has 1 amide bonds. The molecule has 0 unspecified atom stereocenters. The minimum absolute atomic E-state index is 0.00997. The second kappa shape index (κ2) is 6.13. The Balaban J connectivity index is 1.92. The summed E-state index contributed by atoms with van der Waals surface area (Å²) in [7, 11) is 5.55. The first-order chi connectivity index (χ1) is 12.4. The number of carbonyl (C=O) groups is 1. The van der Waals surface area contributed by atoms with E-state index in [0.717, 1.165) is 46.6 Å². The van der Waals surface area contributed by atoms with Gasteiger partial charge in [0.15, 0.2) is 5.75 Å². The Morgan fingerprint density at radius 1 is 1.35 bits per heavy atom. The van der Waals surface area contributed by atoms with E-state index in [-0.39, 0.29) is 12.0 Å². The molecule has 2 aromatic heterocycles. The summed E-state index contributed by atoms with van der Waals surface area (Å²) < 4.78 is 8.49. The van der Waals surface area contributed by atoms with Gasteiger partial charge < -0.3 is 14.2 Å². The number of amides is 1. The van der Waals surface area contributed by atoms with Crippen molar-refractivity contribution in [3.63, 3.8) is 0 Å². The first-order valence-electron chi connectivity index (χ1n) is 8.78. The van der Waals surface area contributed by atoms with Crippen molar-refractivity contribution in [3.05, 3.63) is 44.9 Å². The Kier molecular flexibility index (Phi) is 4.03. The molecule has 0 fully saturated rings. The standard InChI is InChI=1S/C20H23N3O2S/c1-11-9-26-10-15(11)17-7-6-13-14(20(24)22(3)4)8-16-18(19(13)25-17)21-12(2)23(16)5/h8-10,17H,6-7H2,1-5H3/t17-/m0/s1. The van der Waals surface area contributed by atoms with Gasteiger partial charge in [-0.1, -0.05) is 0 Å². The SMILES string of the molecule is Cc1cscc1[C@@H]1CCc2c(C(=O)N(C)C)cc3c(nc(C)n3C)c2O1. The van der Waals surface area contributed by atoms with Crippen LogP contribution in [0.2, 0.25) is 0 Å². The Morgan fingerprint density at radius 3 is 2.77 bits per heavy atom. The van der Waals surface area contributed by atoms with Crippen molar-refractivity contribution in [2.45, 2.75) is 32.8 Å². The van der Waals surface area contributed by atoms with Crippen LogP contribution in [-0.2, 0) is 13.5 Å². The van der Waals surface area contributed by atoms with E-state index >= 15 is 0 Å². The predicted molar refractivity (Wildman–Crippen MR) is 104 cm³/mol. The first-order valence-corrected chi connectivity index (χ1v) is 9.72. The van der Waals surface area contributed by atoms with Crippen LogP contribution >= 0.6 is 11.3 Å². The third-order valence-corrected chi connectivity index (χ3v) is 6.13. The number of hydrogen-bond acceptors (Lipinski definition) is 4. The van der Waals surface area contributed by atoms with Crippen molar-refractivity contribution in [2.24, 2.45) is 7.05 Å². The second-order valence-electron chi connectivity index (χ2n) is 7.17. The minimum Gasteiger partial charge on any atom is -0.483 e. The molecule has 3 heterocycles. The minimum atomic E-state index is 0.00997. The second-order valence-corrected chi connectivity index (χ2v) is 7.92. The van der Waals surface area contributed by atoms with Crippen LogP contribution < -0.4 is 4.74 Å². The summed E-state index contributed by atoms with van der Waals surface area (Å²) >= 11 is 1.70. The van der Waals surface area contributed by atoms with Crippen molar-refractivity contribution in [1.29, 1.82) is 0 Å². The maximum atomic E-state index is 12.8. The molecule has 0 N–H and O–H groups in total. The molecule has 0 spiro atoms. The molecule has 0 aliphatic carbocycles. The Hall–Kier alpha value is -2.34. The lowest BCUT2D eigenvalue weighted by atomic mass is 9.92. The van der Waals surface area contributed by atoms with Gasteiger partial charge in [0.1, 0.15) is 17.4 Å². The molecule has 4 rings (SSSR count). The number of rotatable bonds is 2. The summed E-state index contributed by atoms with van der Waals surface area (Å²) in [5.41, 5.74) is 6.00. The fourth-order valence-electron chi connectivity index (χ4n) is 3.65. The highest BCUT2D eigenvalue weighted by Crippen LogP contribution is 2.42. The fourth-order valence-corrected chi connectivity index (χ4v) is 4.54. The van der Waals surface area contributed by atoms with Crippen molar-refractivity contribution in [3.8, 4) is 5.75 Å². The highest BCUT2D eigenvalue weighted by molar-refractivity contribution is 7.08. The van der Waals surface area contributed by atoms with Gasteiger partial charge in [0.2, 0.25) is 0 Å². The molecular weight excluding hydrogens is 346 g/mol. The molecule has 0 bridgehead atoms. The molecule has 1 aliphatic rings. The summed E-state index contributed by atoms with van der Waals surface area (Å²) in [6.45, 7) is 4.10. The predicted octanol–water partition coefficient (Wildman–Crippen LogP) is 4.02. The van der Waals surface area contributed by atoms with Gasteiger partial charge in [0, 0.05) is 37.8 Å². The maximum Gasteiger partial charge on any atom is 0.253 e. The molecule has 1 aliphatic heterocycles. The van der Waals surface area contributed by atoms with Crippen molar-refractivity contribution in [2.75, 3.05) is 14.1 Å². The van der Waals surface area contributed by atoms with Crippen molar-refractivity contribution < 1.29 is 9.53 Å². The van der Waals surface area contributed by atoms with E-state index in [0.29, 0.717) is 0 Å². The molecule has 3 aromatic rings. The van der Waals surface area contributed by atoms with Gasteiger partial charge in [-0.3, -0.25) is 4.79 Å². The van der Waals surface area contributed by atoms with Gasteiger partial charge >= 0.3 is 0 Å². The molecule has 1 aromatic carbocycles.